The molecule has 6 heteroatoms. The molecule has 4 aliphatic rings. The molecule has 0 saturated heterocycles. The maximum absolute atomic E-state index is 4.58. The Hall–Kier alpha value is 0.590. The van der Waals surface area contributed by atoms with Crippen LogP contribution in [0.2, 0.25) is 78.6 Å². The van der Waals surface area contributed by atoms with Crippen LogP contribution in [0.1, 0.15) is 86.3 Å². The van der Waals surface area contributed by atoms with Gasteiger partial charge < -0.3 is 0 Å². The van der Waals surface area contributed by atoms with Gasteiger partial charge in [-0.25, -0.2) is 0 Å². The molecule has 226 valence electrons. The monoisotopic (exact) mass is 673 g/mol. The third-order valence-electron chi connectivity index (χ3n) is 10.6. The quantitative estimate of drug-likeness (QED) is 0.258. The second-order valence-electron chi connectivity index (χ2n) is 20.1. The van der Waals surface area contributed by atoms with Gasteiger partial charge in [0.15, 0.2) is 0 Å². The minimum absolute atomic E-state index is 0.183. The molecule has 0 aromatic heterocycles. The van der Waals surface area contributed by atoms with Crippen LogP contribution in [-0.2, 0) is 5.41 Å². The normalized spacial score (nSPS) is 27.8. The van der Waals surface area contributed by atoms with Crippen molar-refractivity contribution < 1.29 is 0 Å². The Labute approximate surface area is 261 Å². The van der Waals surface area contributed by atoms with Crippen LogP contribution in [0, 0.1) is 17.8 Å². The predicted octanol–water partition coefficient (Wildman–Crippen LogP) is 9.46. The zero-order valence-electron chi connectivity index (χ0n) is 29.3. The van der Waals surface area contributed by atoms with Crippen LogP contribution >= 0.6 is 0 Å². The molecule has 1 aromatic rings. The molecule has 4 fully saturated rings. The van der Waals surface area contributed by atoms with Crippen molar-refractivity contribution in [3.8, 4) is 0 Å². The molecular formula is C34H65GeNSi4. The maximum atomic E-state index is 4.58. The fourth-order valence-corrected chi connectivity index (χ4v) is 40.3. The van der Waals surface area contributed by atoms with Crippen LogP contribution < -0.4 is 8.67 Å². The van der Waals surface area contributed by atoms with E-state index in [1.807, 2.05) is 15.5 Å². The number of nitrogens with one attached hydrogen (secondary N) is 1. The van der Waals surface area contributed by atoms with Gasteiger partial charge in [0.1, 0.15) is 0 Å². The molecule has 4 bridgehead atoms. The average molecular weight is 673 g/mol. The first kappa shape index (κ1) is 33.5. The molecule has 5 rings (SSSR count). The van der Waals surface area contributed by atoms with E-state index < -0.39 is 47.9 Å². The van der Waals surface area contributed by atoms with Crippen LogP contribution in [0.15, 0.2) is 12.1 Å². The van der Waals surface area contributed by atoms with E-state index in [1.54, 1.807) is 5.56 Å². The van der Waals surface area contributed by atoms with Crippen LogP contribution in [0.5, 0.6) is 0 Å². The molecule has 4 aliphatic carbocycles. The molecule has 0 aliphatic heterocycles. The second kappa shape index (κ2) is 10.9. The summed E-state index contributed by atoms with van der Waals surface area (Å²) in [6, 6.07) is 5.58. The van der Waals surface area contributed by atoms with E-state index in [0.717, 1.165) is 28.1 Å². The fraction of sp³-hybridized carbons (Fsp3) is 0.824. The second-order valence-corrected chi connectivity index (χ2v) is 44.5. The summed E-state index contributed by atoms with van der Waals surface area (Å²) in [5.41, 5.74) is 5.96. The van der Waals surface area contributed by atoms with E-state index in [1.165, 1.54) is 38.5 Å². The van der Waals surface area contributed by atoms with Crippen molar-refractivity contribution in [2.24, 2.45) is 17.8 Å². The van der Waals surface area contributed by atoms with E-state index in [2.05, 4.69) is 116 Å². The molecule has 2 radical (unpaired) electrons. The van der Waals surface area contributed by atoms with Gasteiger partial charge in [-0.15, -0.1) is 0 Å². The molecule has 0 unspecified atom stereocenters. The Morgan fingerprint density at radius 3 is 1.25 bits per heavy atom. The summed E-state index contributed by atoms with van der Waals surface area (Å²) in [4.78, 5) is 0. The van der Waals surface area contributed by atoms with Crippen LogP contribution in [0.25, 0.3) is 0 Å². The van der Waals surface area contributed by atoms with Crippen molar-refractivity contribution in [2.45, 2.75) is 159 Å². The first-order valence-electron chi connectivity index (χ1n) is 16.6. The van der Waals surface area contributed by atoms with Crippen molar-refractivity contribution in [2.75, 3.05) is 0 Å². The number of hydrogen-bond donors (Lipinski definition) is 1. The SMILES string of the molecule is CC(C)(C)c1cc(C([Si](C)(C)C)[Si](C)(C)C)[c]([Ge][NH]C23CC4CC(CC(C4)C2)C3)c(C([Si](C)(C)C)[Si](C)(C)C)c1. The van der Waals surface area contributed by atoms with Crippen molar-refractivity contribution in [1.29, 1.82) is 0 Å². The van der Waals surface area contributed by atoms with E-state index in [4.69, 9.17) is 0 Å². The van der Waals surface area contributed by atoms with Crippen molar-refractivity contribution in [1.82, 2.24) is 4.27 Å². The van der Waals surface area contributed by atoms with Gasteiger partial charge in [-0.1, -0.05) is 0 Å². The standard InChI is InChI=1S/C34H65GeNSi4/c1-33(2,3)27-19-28(31(37(4,5)6)38(7,8)9)30(29(20-27)32(39(10,11)12)40(13,14)15)35-36-34-21-24-16-25(22-34)18-26(17-24)23-34/h19-20,24-26,31-32,36H,16-18,21-23H2,1-15H3. The van der Waals surface area contributed by atoms with Crippen molar-refractivity contribution in [3.05, 3.63) is 28.8 Å². The van der Waals surface area contributed by atoms with Crippen LogP contribution in [-0.4, -0.2) is 53.5 Å². The molecule has 1 N–H and O–H groups in total. The van der Waals surface area contributed by atoms with E-state index in [9.17, 15) is 0 Å². The zero-order valence-corrected chi connectivity index (χ0v) is 35.4. The number of hydrogen-bond acceptors (Lipinski definition) is 1. The van der Waals surface area contributed by atoms with E-state index >= 15 is 0 Å². The summed E-state index contributed by atoms with van der Waals surface area (Å²) in [6.07, 6.45) is 9.05. The van der Waals surface area contributed by atoms with Gasteiger partial charge in [0.25, 0.3) is 0 Å². The van der Waals surface area contributed by atoms with Gasteiger partial charge in [0.05, 0.1) is 0 Å². The fourth-order valence-electron chi connectivity index (χ4n) is 10.6. The molecule has 40 heavy (non-hydrogen) atoms. The summed E-state index contributed by atoms with van der Waals surface area (Å²) in [7, 11) is -5.79. The topological polar surface area (TPSA) is 12.0 Å². The molecule has 0 heterocycles. The Kier molecular flexibility index (Phi) is 9.11. The third kappa shape index (κ3) is 7.11. The Bertz CT molecular complexity index is 961. The molecule has 4 saturated carbocycles. The van der Waals surface area contributed by atoms with Crippen molar-refractivity contribution in [3.63, 3.8) is 0 Å². The summed E-state index contributed by atoms with van der Waals surface area (Å²) in [5, 5.41) is 1.61. The van der Waals surface area contributed by atoms with Crippen LogP contribution in [0.3, 0.4) is 0 Å². The minimum atomic E-state index is -1.45. The van der Waals surface area contributed by atoms with Gasteiger partial charge in [0.2, 0.25) is 0 Å². The Morgan fingerprint density at radius 1 is 0.650 bits per heavy atom. The Morgan fingerprint density at radius 2 is 0.975 bits per heavy atom. The first-order valence-corrected chi connectivity index (χ1v) is 33.0. The van der Waals surface area contributed by atoms with Gasteiger partial charge >= 0.3 is 262 Å². The van der Waals surface area contributed by atoms with E-state index in [-0.39, 0.29) is 5.41 Å². The molecular weight excluding hydrogens is 607 g/mol. The molecule has 0 amide bonds. The van der Waals surface area contributed by atoms with Gasteiger partial charge in [-0.2, -0.15) is 0 Å². The average Bonchev–Trinajstić information content (AvgIpc) is 2.67. The molecule has 1 aromatic carbocycles. The molecule has 0 atom stereocenters. The molecule has 1 nitrogen and oxygen atoms in total. The predicted molar refractivity (Wildman–Crippen MR) is 193 cm³/mol. The zero-order chi connectivity index (χ0) is 30.3. The van der Waals surface area contributed by atoms with Crippen LogP contribution in [0.4, 0.5) is 0 Å². The summed E-state index contributed by atoms with van der Waals surface area (Å²) in [5.74, 6) is 3.04. The van der Waals surface area contributed by atoms with Gasteiger partial charge in [0, 0.05) is 0 Å². The number of rotatable bonds is 9. The summed E-state index contributed by atoms with van der Waals surface area (Å²) < 4.78 is 6.48. The number of benzene rings is 1. The van der Waals surface area contributed by atoms with Gasteiger partial charge in [-0.3, -0.25) is 0 Å². The summed E-state index contributed by atoms with van der Waals surface area (Å²) in [6.45, 7) is 39.6. The first-order chi connectivity index (χ1) is 17.9. The summed E-state index contributed by atoms with van der Waals surface area (Å²) >= 11 is -0.439. The molecule has 0 spiro atoms. The van der Waals surface area contributed by atoms with E-state index in [0.29, 0.717) is 5.54 Å². The Balaban J connectivity index is 1.96. The third-order valence-corrected chi connectivity index (χ3v) is 32.3. The van der Waals surface area contributed by atoms with Gasteiger partial charge in [-0.05, 0) is 0 Å². The van der Waals surface area contributed by atoms with Crippen molar-refractivity contribution >= 4 is 52.3 Å².